The summed E-state index contributed by atoms with van der Waals surface area (Å²) in [7, 11) is 0. The van der Waals surface area contributed by atoms with E-state index in [1.54, 1.807) is 0 Å². The van der Waals surface area contributed by atoms with Crippen LogP contribution in [0.25, 0.3) is 0 Å². The van der Waals surface area contributed by atoms with E-state index < -0.39 is 41.7 Å². The van der Waals surface area contributed by atoms with Crippen LogP contribution in [0.3, 0.4) is 0 Å². The zero-order valence-corrected chi connectivity index (χ0v) is 14.5. The van der Waals surface area contributed by atoms with Gasteiger partial charge in [-0.05, 0) is 18.6 Å². The van der Waals surface area contributed by atoms with Gasteiger partial charge in [0.25, 0.3) is 0 Å². The summed E-state index contributed by atoms with van der Waals surface area (Å²) in [6.07, 6.45) is -1.57. The van der Waals surface area contributed by atoms with Crippen LogP contribution >= 0.6 is 0 Å². The summed E-state index contributed by atoms with van der Waals surface area (Å²) >= 11 is 0. The topological polar surface area (TPSA) is 52.6 Å². The molecule has 0 saturated heterocycles. The highest BCUT2D eigenvalue weighted by Gasteiger charge is 2.34. The van der Waals surface area contributed by atoms with Crippen molar-refractivity contribution in [2.75, 3.05) is 6.61 Å². The van der Waals surface area contributed by atoms with Gasteiger partial charge in [-0.1, -0.05) is 32.3 Å². The molecule has 0 fully saturated rings. The monoisotopic (exact) mass is 378 g/mol. The fourth-order valence-corrected chi connectivity index (χ4v) is 2.19. The van der Waals surface area contributed by atoms with Crippen molar-refractivity contribution in [3.63, 3.8) is 0 Å². The number of unbranched alkanes of at least 4 members (excludes halogenated alkanes) is 3. The fraction of sp³-hybridized carbons (Fsp3) is 0.556. The Morgan fingerprint density at radius 3 is 2.27 bits per heavy atom. The lowest BCUT2D eigenvalue weighted by Gasteiger charge is -2.13. The van der Waals surface area contributed by atoms with Gasteiger partial charge in [-0.15, -0.1) is 0 Å². The summed E-state index contributed by atoms with van der Waals surface area (Å²) in [6, 6.07) is 2.50. The van der Waals surface area contributed by atoms with E-state index >= 15 is 0 Å². The smallest absolute Gasteiger partial charge is 0.416 e. The van der Waals surface area contributed by atoms with Crippen molar-refractivity contribution >= 4 is 11.9 Å². The van der Waals surface area contributed by atoms with Crippen molar-refractivity contribution in [2.24, 2.45) is 0 Å². The molecule has 1 aromatic carbocycles. The van der Waals surface area contributed by atoms with Gasteiger partial charge in [0.15, 0.2) is 0 Å². The molecule has 146 valence electrons. The molecular weight excluding hydrogens is 356 g/mol. The Hall–Kier alpha value is -2.12. The van der Waals surface area contributed by atoms with Gasteiger partial charge >= 0.3 is 18.1 Å². The van der Waals surface area contributed by atoms with Gasteiger partial charge in [-0.3, -0.25) is 9.59 Å². The molecule has 0 aliphatic rings. The van der Waals surface area contributed by atoms with Crippen molar-refractivity contribution in [2.45, 2.75) is 58.2 Å². The van der Waals surface area contributed by atoms with E-state index in [0.717, 1.165) is 37.8 Å². The minimum Gasteiger partial charge on any atom is -0.466 e. The minimum atomic E-state index is -4.76. The summed E-state index contributed by atoms with van der Waals surface area (Å²) in [5.74, 6) is -2.59. The van der Waals surface area contributed by atoms with E-state index in [9.17, 15) is 27.2 Å². The first kappa shape index (κ1) is 21.9. The molecular formula is C18H22F4O4. The average Bonchev–Trinajstić information content (AvgIpc) is 2.57. The van der Waals surface area contributed by atoms with Crippen LogP contribution in [0.2, 0.25) is 0 Å². The molecule has 0 N–H and O–H groups in total. The Balaban J connectivity index is 2.40. The molecule has 0 heterocycles. The van der Waals surface area contributed by atoms with Gasteiger partial charge in [0.05, 0.1) is 25.0 Å². The first-order chi connectivity index (χ1) is 12.3. The zero-order valence-electron chi connectivity index (χ0n) is 14.5. The molecule has 0 radical (unpaired) electrons. The van der Waals surface area contributed by atoms with Crippen LogP contribution in [0.15, 0.2) is 18.2 Å². The number of hydrogen-bond acceptors (Lipinski definition) is 4. The van der Waals surface area contributed by atoms with Gasteiger partial charge < -0.3 is 9.47 Å². The predicted molar refractivity (Wildman–Crippen MR) is 85.5 cm³/mol. The number of benzene rings is 1. The fourth-order valence-electron chi connectivity index (χ4n) is 2.19. The second-order valence-electron chi connectivity index (χ2n) is 5.71. The van der Waals surface area contributed by atoms with E-state index in [-0.39, 0.29) is 19.4 Å². The van der Waals surface area contributed by atoms with Crippen molar-refractivity contribution < 1.29 is 36.6 Å². The van der Waals surface area contributed by atoms with Crippen LogP contribution in [0, 0.1) is 5.82 Å². The molecule has 26 heavy (non-hydrogen) atoms. The molecule has 0 bridgehead atoms. The van der Waals surface area contributed by atoms with Gasteiger partial charge in [0, 0.05) is 5.56 Å². The molecule has 0 atom stereocenters. The largest absolute Gasteiger partial charge is 0.466 e. The Morgan fingerprint density at radius 2 is 1.65 bits per heavy atom. The van der Waals surface area contributed by atoms with Crippen LogP contribution < -0.4 is 0 Å². The lowest BCUT2D eigenvalue weighted by Crippen LogP contribution is -2.15. The number of alkyl halides is 3. The van der Waals surface area contributed by atoms with E-state index in [2.05, 4.69) is 11.7 Å². The molecule has 1 aromatic rings. The first-order valence-corrected chi connectivity index (χ1v) is 8.41. The molecule has 1 rings (SSSR count). The van der Waals surface area contributed by atoms with E-state index in [1.807, 2.05) is 0 Å². The molecule has 0 aliphatic carbocycles. The normalized spacial score (nSPS) is 11.3. The number of rotatable bonds is 10. The second kappa shape index (κ2) is 10.8. The third-order valence-corrected chi connectivity index (χ3v) is 3.60. The molecule has 8 heteroatoms. The zero-order chi connectivity index (χ0) is 19.6. The van der Waals surface area contributed by atoms with Crippen LogP contribution in [0.4, 0.5) is 17.6 Å². The van der Waals surface area contributed by atoms with Gasteiger partial charge in [-0.2, -0.15) is 13.2 Å². The molecule has 0 spiro atoms. The quantitative estimate of drug-likeness (QED) is 0.334. The van der Waals surface area contributed by atoms with E-state index in [1.165, 1.54) is 0 Å². The maximum absolute atomic E-state index is 13.6. The molecule has 0 aliphatic heterocycles. The second-order valence-corrected chi connectivity index (χ2v) is 5.71. The maximum Gasteiger partial charge on any atom is 0.416 e. The predicted octanol–water partition coefficient (Wildman–Crippen LogP) is 4.79. The highest BCUT2D eigenvalue weighted by atomic mass is 19.4. The molecule has 4 nitrogen and oxygen atoms in total. The third-order valence-electron chi connectivity index (χ3n) is 3.60. The Morgan fingerprint density at radius 1 is 1.00 bits per heavy atom. The standard InChI is InChI=1S/C18H22F4O4/c1-2-3-4-5-11-25-16(23)9-10-17(24)26-12-13-14(18(20,21)22)7-6-8-15(13)19/h6-8H,2-5,9-12H2,1H3. The van der Waals surface area contributed by atoms with Crippen molar-refractivity contribution in [1.82, 2.24) is 0 Å². The summed E-state index contributed by atoms with van der Waals surface area (Å²) in [6.45, 7) is 1.46. The summed E-state index contributed by atoms with van der Waals surface area (Å²) in [4.78, 5) is 23.0. The number of halogens is 4. The molecule has 0 amide bonds. The van der Waals surface area contributed by atoms with Crippen molar-refractivity contribution in [3.05, 3.63) is 35.1 Å². The van der Waals surface area contributed by atoms with Gasteiger partial charge in [0.1, 0.15) is 12.4 Å². The molecule has 0 unspecified atom stereocenters. The Bertz CT molecular complexity index is 599. The number of carbonyl (C=O) groups excluding carboxylic acids is 2. The number of hydrogen-bond donors (Lipinski definition) is 0. The Kier molecular flexibility index (Phi) is 9.09. The highest BCUT2D eigenvalue weighted by molar-refractivity contribution is 5.77. The summed E-state index contributed by atoms with van der Waals surface area (Å²) in [5.41, 5.74) is -1.94. The van der Waals surface area contributed by atoms with Gasteiger partial charge in [0.2, 0.25) is 0 Å². The SMILES string of the molecule is CCCCCCOC(=O)CCC(=O)OCc1c(F)cccc1C(F)(F)F. The number of ether oxygens (including phenoxy) is 2. The first-order valence-electron chi connectivity index (χ1n) is 8.41. The van der Waals surface area contributed by atoms with Crippen LogP contribution in [0.1, 0.15) is 56.6 Å². The lowest BCUT2D eigenvalue weighted by molar-refractivity contribution is -0.152. The van der Waals surface area contributed by atoms with Crippen LogP contribution in [0.5, 0.6) is 0 Å². The molecule has 0 aromatic heterocycles. The molecule has 0 saturated carbocycles. The number of esters is 2. The number of carbonyl (C=O) groups is 2. The lowest BCUT2D eigenvalue weighted by atomic mass is 10.1. The van der Waals surface area contributed by atoms with Crippen molar-refractivity contribution in [1.29, 1.82) is 0 Å². The van der Waals surface area contributed by atoms with E-state index in [4.69, 9.17) is 4.74 Å². The van der Waals surface area contributed by atoms with E-state index in [0.29, 0.717) is 6.07 Å². The minimum absolute atomic E-state index is 0.240. The maximum atomic E-state index is 13.6. The van der Waals surface area contributed by atoms with Crippen LogP contribution in [-0.4, -0.2) is 18.5 Å². The van der Waals surface area contributed by atoms with Gasteiger partial charge in [-0.25, -0.2) is 4.39 Å². The summed E-state index contributed by atoms with van der Waals surface area (Å²) in [5, 5.41) is 0. The highest BCUT2D eigenvalue weighted by Crippen LogP contribution is 2.33. The van der Waals surface area contributed by atoms with Crippen molar-refractivity contribution in [3.8, 4) is 0 Å². The van der Waals surface area contributed by atoms with Crippen LogP contribution in [-0.2, 0) is 31.8 Å². The average molecular weight is 378 g/mol. The summed E-state index contributed by atoms with van der Waals surface area (Å²) < 4.78 is 61.7. The third kappa shape index (κ3) is 7.84. The Labute approximate surface area is 149 Å².